The van der Waals surface area contributed by atoms with E-state index in [0.717, 1.165) is 6.42 Å². The van der Waals surface area contributed by atoms with E-state index >= 15 is 0 Å². The first-order chi connectivity index (χ1) is 18.8. The number of hydrogen-bond donors (Lipinski definition) is 1. The first-order valence-corrected chi connectivity index (χ1v) is 15.2. The molecule has 3 aliphatic rings. The van der Waals surface area contributed by atoms with Gasteiger partial charge in [0.05, 0.1) is 30.3 Å². The van der Waals surface area contributed by atoms with Crippen LogP contribution in [0.2, 0.25) is 0 Å². The van der Waals surface area contributed by atoms with Crippen molar-refractivity contribution in [3.05, 3.63) is 49.6 Å². The maximum absolute atomic E-state index is 14.5. The van der Waals surface area contributed by atoms with Crippen molar-refractivity contribution in [1.29, 1.82) is 0 Å². The fourth-order valence-electron chi connectivity index (χ4n) is 6.17. The highest BCUT2D eigenvalue weighted by atomic mass is 79.9. The Morgan fingerprint density at radius 1 is 1.23 bits per heavy atom. The molecule has 6 atom stereocenters. The molecule has 3 fully saturated rings. The zero-order valence-corrected chi connectivity index (χ0v) is 24.7. The van der Waals surface area contributed by atoms with Gasteiger partial charge in [0.25, 0.3) is 5.91 Å². The lowest BCUT2D eigenvalue weighted by Gasteiger charge is -2.37. The number of carbonyl (C=O) groups is 3. The van der Waals surface area contributed by atoms with Crippen LogP contribution in [0.5, 0.6) is 5.75 Å². The number of fused-ring (bicyclic) bond motifs is 1. The summed E-state index contributed by atoms with van der Waals surface area (Å²) in [6, 6.07) is 6.46. The van der Waals surface area contributed by atoms with Gasteiger partial charge in [-0.1, -0.05) is 28.1 Å². The van der Waals surface area contributed by atoms with Crippen molar-refractivity contribution >= 4 is 51.2 Å². The lowest BCUT2D eigenvalue weighted by Crippen LogP contribution is -2.55. The van der Waals surface area contributed by atoms with Crippen molar-refractivity contribution in [2.45, 2.75) is 53.0 Å². The number of allylic oxidation sites excluding steroid dienone is 1. The molecule has 212 valence electrons. The Labute approximate surface area is 242 Å². The monoisotopic (exact) mass is 620 g/mol. The van der Waals surface area contributed by atoms with Crippen LogP contribution in [0, 0.1) is 11.8 Å². The number of halogens is 1. The lowest BCUT2D eigenvalue weighted by atomic mass is 9.71. The molecule has 4 rings (SSSR count). The van der Waals surface area contributed by atoms with Gasteiger partial charge in [0.15, 0.2) is 0 Å². The van der Waals surface area contributed by atoms with Crippen molar-refractivity contribution in [3.8, 4) is 5.75 Å². The average Bonchev–Trinajstić information content (AvgIpc) is 3.53. The van der Waals surface area contributed by atoms with E-state index in [1.165, 1.54) is 0 Å². The van der Waals surface area contributed by atoms with Crippen molar-refractivity contribution in [1.82, 2.24) is 4.90 Å². The number of ether oxygens (including phenoxy) is 2. The Balaban J connectivity index is 1.70. The number of carbonyl (C=O) groups excluding carboxylic acids is 3. The molecule has 3 aliphatic heterocycles. The van der Waals surface area contributed by atoms with Crippen LogP contribution in [0.3, 0.4) is 0 Å². The van der Waals surface area contributed by atoms with E-state index < -0.39 is 22.6 Å². The standard InChI is InChI=1S/C29H37BrN2O6S/c1-4-6-9-17-38-28(36)22-23-26(34)32(15-7-8-16-33)25(29(23)18-21(30)24(22)39-29)27(35)31(14-5-2)19-10-12-20(37-3)13-11-19/h4-5,10-13,21-25,33H,1-2,6-9,14-18H2,3H3/t21?,22-,23-,24-,25?,29?/m0/s1. The molecule has 8 nitrogen and oxygen atoms in total. The number of aliphatic hydroxyl groups is 1. The Morgan fingerprint density at radius 2 is 1.97 bits per heavy atom. The summed E-state index contributed by atoms with van der Waals surface area (Å²) in [6.45, 7) is 8.43. The Morgan fingerprint density at radius 3 is 2.62 bits per heavy atom. The minimum atomic E-state index is -0.761. The molecule has 1 spiro atoms. The van der Waals surface area contributed by atoms with E-state index in [1.807, 2.05) is 12.1 Å². The number of aliphatic hydroxyl groups excluding tert-OH is 1. The fourth-order valence-corrected chi connectivity index (χ4v) is 9.77. The second kappa shape index (κ2) is 12.9. The summed E-state index contributed by atoms with van der Waals surface area (Å²) in [5.41, 5.74) is 0.675. The first kappa shape index (κ1) is 29.7. The van der Waals surface area contributed by atoms with Crippen LogP contribution in [0.1, 0.15) is 32.1 Å². The van der Waals surface area contributed by atoms with E-state index in [2.05, 4.69) is 29.1 Å². The lowest BCUT2D eigenvalue weighted by molar-refractivity contribution is -0.154. The van der Waals surface area contributed by atoms with Crippen LogP contribution in [-0.4, -0.2) is 82.1 Å². The van der Waals surface area contributed by atoms with Gasteiger partial charge < -0.3 is 24.4 Å². The molecule has 10 heteroatoms. The highest BCUT2D eigenvalue weighted by Gasteiger charge is 2.76. The average molecular weight is 622 g/mol. The number of hydrogen-bond acceptors (Lipinski definition) is 7. The number of esters is 1. The zero-order valence-electron chi connectivity index (χ0n) is 22.3. The van der Waals surface area contributed by atoms with Crippen LogP contribution in [0.15, 0.2) is 49.6 Å². The molecule has 39 heavy (non-hydrogen) atoms. The second-order valence-corrected chi connectivity index (χ2v) is 12.9. The number of thioether (sulfide) groups is 1. The van der Waals surface area contributed by atoms with Crippen molar-refractivity contribution in [3.63, 3.8) is 0 Å². The van der Waals surface area contributed by atoms with Gasteiger partial charge >= 0.3 is 5.97 Å². The predicted molar refractivity (Wildman–Crippen MR) is 156 cm³/mol. The number of amides is 2. The number of unbranched alkanes of at least 4 members (excludes halogenated alkanes) is 2. The second-order valence-electron chi connectivity index (χ2n) is 10.2. The topological polar surface area (TPSA) is 96.4 Å². The summed E-state index contributed by atoms with van der Waals surface area (Å²) in [5, 5.41) is 9.23. The summed E-state index contributed by atoms with van der Waals surface area (Å²) in [5.74, 6) is -1.35. The Hall–Kier alpha value is -2.30. The van der Waals surface area contributed by atoms with Crippen LogP contribution >= 0.6 is 27.7 Å². The smallest absolute Gasteiger partial charge is 0.310 e. The summed E-state index contributed by atoms with van der Waals surface area (Å²) in [6.07, 6.45) is 6.53. The van der Waals surface area contributed by atoms with E-state index in [1.54, 1.807) is 53.0 Å². The molecular weight excluding hydrogens is 584 g/mol. The number of rotatable bonds is 14. The zero-order chi connectivity index (χ0) is 28.2. The van der Waals surface area contributed by atoms with Gasteiger partial charge in [-0.05, 0) is 56.4 Å². The highest BCUT2D eigenvalue weighted by molar-refractivity contribution is 9.09. The summed E-state index contributed by atoms with van der Waals surface area (Å²) < 4.78 is 10.2. The summed E-state index contributed by atoms with van der Waals surface area (Å²) >= 11 is 5.37. The Kier molecular flexibility index (Phi) is 9.82. The van der Waals surface area contributed by atoms with E-state index in [0.29, 0.717) is 43.7 Å². The van der Waals surface area contributed by atoms with Crippen molar-refractivity contribution in [2.24, 2.45) is 11.8 Å². The number of likely N-dealkylation sites (tertiary alicyclic amines) is 1. The fraction of sp³-hybridized carbons (Fsp3) is 0.552. The quantitative estimate of drug-likeness (QED) is 0.146. The largest absolute Gasteiger partial charge is 0.497 e. The maximum Gasteiger partial charge on any atom is 0.310 e. The molecule has 2 bridgehead atoms. The van der Waals surface area contributed by atoms with Crippen molar-refractivity contribution < 1.29 is 29.0 Å². The van der Waals surface area contributed by atoms with Crippen LogP contribution < -0.4 is 9.64 Å². The SMILES string of the molecule is C=CCCCOC(=O)[C@H]1[C@H]2C(=O)N(CCCCO)C(C(=O)N(CC=C)c3ccc(OC)cc3)C23CC(Br)[C@@H]1S3. The first-order valence-electron chi connectivity index (χ1n) is 13.4. The van der Waals surface area contributed by atoms with Gasteiger partial charge in [0.2, 0.25) is 5.91 Å². The summed E-state index contributed by atoms with van der Waals surface area (Å²) in [7, 11) is 1.58. The number of alkyl halides is 1. The summed E-state index contributed by atoms with van der Waals surface area (Å²) in [4.78, 5) is 45.2. The molecule has 1 aromatic rings. The molecule has 1 aromatic carbocycles. The molecule has 1 N–H and O–H groups in total. The minimum absolute atomic E-state index is 0.00358. The molecule has 3 saturated heterocycles. The molecule has 0 aliphatic carbocycles. The van der Waals surface area contributed by atoms with Gasteiger partial charge in [-0.3, -0.25) is 14.4 Å². The van der Waals surface area contributed by atoms with Gasteiger partial charge in [-0.15, -0.1) is 24.9 Å². The predicted octanol–water partition coefficient (Wildman–Crippen LogP) is 3.96. The van der Waals surface area contributed by atoms with Crippen LogP contribution in [0.4, 0.5) is 5.69 Å². The van der Waals surface area contributed by atoms with E-state index in [9.17, 15) is 19.5 Å². The number of nitrogens with zero attached hydrogens (tertiary/aromatic N) is 2. The van der Waals surface area contributed by atoms with Gasteiger partial charge in [0, 0.05) is 35.5 Å². The van der Waals surface area contributed by atoms with Crippen molar-refractivity contribution in [2.75, 3.05) is 38.3 Å². The molecule has 0 radical (unpaired) electrons. The normalized spacial score (nSPS) is 28.7. The minimum Gasteiger partial charge on any atom is -0.497 e. The molecule has 3 unspecified atom stereocenters. The van der Waals surface area contributed by atoms with E-state index in [-0.39, 0.29) is 47.6 Å². The third-order valence-corrected chi connectivity index (χ3v) is 11.1. The third kappa shape index (κ3) is 5.52. The molecule has 0 saturated carbocycles. The third-order valence-electron chi connectivity index (χ3n) is 7.86. The van der Waals surface area contributed by atoms with Gasteiger partial charge in [-0.2, -0.15) is 0 Å². The van der Waals surface area contributed by atoms with Gasteiger partial charge in [-0.25, -0.2) is 0 Å². The molecule has 3 heterocycles. The van der Waals surface area contributed by atoms with Gasteiger partial charge in [0.1, 0.15) is 11.8 Å². The van der Waals surface area contributed by atoms with Crippen LogP contribution in [-0.2, 0) is 19.1 Å². The van der Waals surface area contributed by atoms with E-state index in [4.69, 9.17) is 9.47 Å². The number of benzene rings is 1. The highest BCUT2D eigenvalue weighted by Crippen LogP contribution is 2.68. The number of methoxy groups -OCH3 is 1. The van der Waals surface area contributed by atoms with Crippen LogP contribution in [0.25, 0.3) is 0 Å². The molecular formula is C29H37BrN2O6S. The molecule has 0 aromatic heterocycles. The number of anilines is 1. The maximum atomic E-state index is 14.5. The molecule has 2 amide bonds. The Bertz CT molecular complexity index is 1080.